The van der Waals surface area contributed by atoms with Gasteiger partial charge in [-0.25, -0.2) is 0 Å². The number of ether oxygens (including phenoxy) is 1. The van der Waals surface area contributed by atoms with Crippen LogP contribution in [0.1, 0.15) is 13.8 Å². The highest BCUT2D eigenvalue weighted by molar-refractivity contribution is 7.99. The summed E-state index contributed by atoms with van der Waals surface area (Å²) in [5.41, 5.74) is 6.60. The number of hydrogen-bond acceptors (Lipinski definition) is 4. The standard InChI is InChI=1S/C14H22N2OS/c1-11(2)16-6-7-17-13(9-16)10-18-14-5-3-4-12(15)8-14/h3-5,8,11,13H,6-7,9-10,15H2,1-2H3. The second-order valence-electron chi connectivity index (χ2n) is 4.96. The maximum atomic E-state index is 5.82. The van der Waals surface area contributed by atoms with E-state index in [9.17, 15) is 0 Å². The van der Waals surface area contributed by atoms with E-state index >= 15 is 0 Å². The summed E-state index contributed by atoms with van der Waals surface area (Å²) >= 11 is 1.82. The van der Waals surface area contributed by atoms with E-state index < -0.39 is 0 Å². The number of hydrogen-bond donors (Lipinski definition) is 1. The Bertz CT molecular complexity index is 384. The lowest BCUT2D eigenvalue weighted by Crippen LogP contribution is -2.46. The lowest BCUT2D eigenvalue weighted by Gasteiger charge is -2.35. The monoisotopic (exact) mass is 266 g/mol. The maximum absolute atomic E-state index is 5.82. The van der Waals surface area contributed by atoms with Gasteiger partial charge in [0.2, 0.25) is 0 Å². The average Bonchev–Trinajstić information content (AvgIpc) is 2.37. The number of benzene rings is 1. The Kier molecular flexibility index (Phi) is 4.92. The molecule has 4 heteroatoms. The fraction of sp³-hybridized carbons (Fsp3) is 0.571. The number of nitrogens with zero attached hydrogens (tertiary/aromatic N) is 1. The van der Waals surface area contributed by atoms with E-state index in [1.807, 2.05) is 30.0 Å². The van der Waals surface area contributed by atoms with Crippen molar-refractivity contribution in [1.82, 2.24) is 4.90 Å². The van der Waals surface area contributed by atoms with Crippen molar-refractivity contribution in [3.05, 3.63) is 24.3 Å². The van der Waals surface area contributed by atoms with Crippen LogP contribution < -0.4 is 5.73 Å². The minimum Gasteiger partial charge on any atom is -0.399 e. The molecule has 1 unspecified atom stereocenters. The second kappa shape index (κ2) is 6.45. The van der Waals surface area contributed by atoms with Crippen molar-refractivity contribution >= 4 is 17.4 Å². The zero-order chi connectivity index (χ0) is 13.0. The quantitative estimate of drug-likeness (QED) is 0.671. The van der Waals surface area contributed by atoms with Crippen molar-refractivity contribution in [1.29, 1.82) is 0 Å². The van der Waals surface area contributed by atoms with Crippen LogP contribution in [-0.4, -0.2) is 42.5 Å². The van der Waals surface area contributed by atoms with Crippen LogP contribution in [0.25, 0.3) is 0 Å². The minimum atomic E-state index is 0.326. The number of rotatable bonds is 4. The normalized spacial score (nSPS) is 21.4. The smallest absolute Gasteiger partial charge is 0.0796 e. The Labute approximate surface area is 114 Å². The molecule has 1 saturated heterocycles. The third kappa shape index (κ3) is 3.90. The van der Waals surface area contributed by atoms with E-state index in [1.54, 1.807) is 0 Å². The zero-order valence-electron chi connectivity index (χ0n) is 11.1. The fourth-order valence-corrected chi connectivity index (χ4v) is 3.08. The molecule has 3 nitrogen and oxygen atoms in total. The highest BCUT2D eigenvalue weighted by Crippen LogP contribution is 2.23. The first kappa shape index (κ1) is 13.7. The van der Waals surface area contributed by atoms with E-state index in [0.717, 1.165) is 31.1 Å². The van der Waals surface area contributed by atoms with E-state index in [2.05, 4.69) is 24.8 Å². The van der Waals surface area contributed by atoms with Crippen molar-refractivity contribution in [2.24, 2.45) is 0 Å². The summed E-state index contributed by atoms with van der Waals surface area (Å²) in [7, 11) is 0. The molecule has 0 radical (unpaired) electrons. The molecule has 1 atom stereocenters. The summed E-state index contributed by atoms with van der Waals surface area (Å²) in [4.78, 5) is 3.70. The molecule has 18 heavy (non-hydrogen) atoms. The molecule has 0 spiro atoms. The maximum Gasteiger partial charge on any atom is 0.0796 e. The first-order valence-corrected chi connectivity index (χ1v) is 7.47. The molecule has 0 aliphatic carbocycles. The molecule has 1 aliphatic heterocycles. The predicted molar refractivity (Wildman–Crippen MR) is 78.0 cm³/mol. The highest BCUT2D eigenvalue weighted by atomic mass is 32.2. The number of nitrogens with two attached hydrogens (primary N) is 1. The van der Waals surface area contributed by atoms with Gasteiger partial charge in [-0.3, -0.25) is 4.90 Å². The summed E-state index contributed by atoms with van der Waals surface area (Å²) < 4.78 is 5.82. The van der Waals surface area contributed by atoms with Gasteiger partial charge in [-0.2, -0.15) is 0 Å². The predicted octanol–water partition coefficient (Wildman–Crippen LogP) is 2.47. The van der Waals surface area contributed by atoms with Crippen LogP contribution >= 0.6 is 11.8 Å². The summed E-state index contributed by atoms with van der Waals surface area (Å²) in [6.45, 7) is 7.42. The van der Waals surface area contributed by atoms with Gasteiger partial charge in [0, 0.05) is 35.5 Å². The molecule has 0 saturated carbocycles. The van der Waals surface area contributed by atoms with Gasteiger partial charge in [-0.1, -0.05) is 6.07 Å². The van der Waals surface area contributed by atoms with E-state index in [0.29, 0.717) is 12.1 Å². The van der Waals surface area contributed by atoms with Crippen LogP contribution in [0, 0.1) is 0 Å². The van der Waals surface area contributed by atoms with Gasteiger partial charge in [0.15, 0.2) is 0 Å². The van der Waals surface area contributed by atoms with E-state index in [-0.39, 0.29) is 0 Å². The third-order valence-corrected chi connectivity index (χ3v) is 4.32. The van der Waals surface area contributed by atoms with Crippen LogP contribution in [0.15, 0.2) is 29.2 Å². The molecule has 2 N–H and O–H groups in total. The molecule has 1 heterocycles. The summed E-state index contributed by atoms with van der Waals surface area (Å²) in [6.07, 6.45) is 0.326. The van der Waals surface area contributed by atoms with Crippen molar-refractivity contribution in [3.8, 4) is 0 Å². The van der Waals surface area contributed by atoms with Gasteiger partial charge in [0.1, 0.15) is 0 Å². The molecule has 0 bridgehead atoms. The average molecular weight is 266 g/mol. The van der Waals surface area contributed by atoms with Crippen molar-refractivity contribution in [2.75, 3.05) is 31.2 Å². The molecule has 1 aromatic rings. The lowest BCUT2D eigenvalue weighted by molar-refractivity contribution is -0.0265. The molecule has 1 aromatic carbocycles. The number of anilines is 1. The van der Waals surface area contributed by atoms with Gasteiger partial charge in [0.05, 0.1) is 12.7 Å². The van der Waals surface area contributed by atoms with Crippen molar-refractivity contribution in [2.45, 2.75) is 30.9 Å². The van der Waals surface area contributed by atoms with Gasteiger partial charge in [0.25, 0.3) is 0 Å². The summed E-state index contributed by atoms with van der Waals surface area (Å²) in [6, 6.07) is 8.65. The first-order chi connectivity index (χ1) is 8.65. The highest BCUT2D eigenvalue weighted by Gasteiger charge is 2.22. The lowest BCUT2D eigenvalue weighted by atomic mass is 10.2. The van der Waals surface area contributed by atoms with E-state index in [1.165, 1.54) is 4.90 Å². The van der Waals surface area contributed by atoms with Gasteiger partial charge in [-0.15, -0.1) is 11.8 Å². The SMILES string of the molecule is CC(C)N1CCOC(CSc2cccc(N)c2)C1. The Morgan fingerprint density at radius 3 is 3.06 bits per heavy atom. The first-order valence-electron chi connectivity index (χ1n) is 6.49. The molecule has 1 fully saturated rings. The fourth-order valence-electron chi connectivity index (χ4n) is 2.11. The van der Waals surface area contributed by atoms with Gasteiger partial charge >= 0.3 is 0 Å². The summed E-state index contributed by atoms with van der Waals surface area (Å²) in [5, 5.41) is 0. The largest absolute Gasteiger partial charge is 0.399 e. The Hall–Kier alpha value is -0.710. The Balaban J connectivity index is 1.83. The van der Waals surface area contributed by atoms with Crippen LogP contribution in [0.2, 0.25) is 0 Å². The zero-order valence-corrected chi connectivity index (χ0v) is 12.0. The van der Waals surface area contributed by atoms with Crippen LogP contribution in [0.3, 0.4) is 0 Å². The number of thioether (sulfide) groups is 1. The van der Waals surface area contributed by atoms with Crippen LogP contribution in [0.4, 0.5) is 5.69 Å². The summed E-state index contributed by atoms with van der Waals surface area (Å²) in [5.74, 6) is 0.993. The van der Waals surface area contributed by atoms with Gasteiger partial charge in [-0.05, 0) is 32.0 Å². The van der Waals surface area contributed by atoms with Gasteiger partial charge < -0.3 is 10.5 Å². The molecule has 0 aromatic heterocycles. The van der Waals surface area contributed by atoms with Crippen molar-refractivity contribution < 1.29 is 4.74 Å². The Morgan fingerprint density at radius 1 is 1.50 bits per heavy atom. The topological polar surface area (TPSA) is 38.5 Å². The molecular weight excluding hydrogens is 244 g/mol. The van der Waals surface area contributed by atoms with Crippen molar-refractivity contribution in [3.63, 3.8) is 0 Å². The van der Waals surface area contributed by atoms with Crippen LogP contribution in [0.5, 0.6) is 0 Å². The molecule has 0 amide bonds. The molecule has 1 aliphatic rings. The number of morpholine rings is 1. The molecular formula is C14H22N2OS. The van der Waals surface area contributed by atoms with Crippen LogP contribution in [-0.2, 0) is 4.74 Å². The number of nitrogen functional groups attached to an aromatic ring is 1. The second-order valence-corrected chi connectivity index (χ2v) is 6.06. The minimum absolute atomic E-state index is 0.326. The molecule has 100 valence electrons. The molecule has 2 rings (SSSR count). The Morgan fingerprint density at radius 2 is 2.33 bits per heavy atom. The van der Waals surface area contributed by atoms with E-state index in [4.69, 9.17) is 10.5 Å². The third-order valence-electron chi connectivity index (χ3n) is 3.19.